The Morgan fingerprint density at radius 2 is 1.93 bits per heavy atom. The second kappa shape index (κ2) is 6.68. The van der Waals surface area contributed by atoms with Crippen LogP contribution in [0.3, 0.4) is 0 Å². The van der Waals surface area contributed by atoms with E-state index >= 15 is 0 Å². The van der Waals surface area contributed by atoms with Crippen LogP contribution in [0.2, 0.25) is 0 Å². The minimum atomic E-state index is -0.770. The van der Waals surface area contributed by atoms with Gasteiger partial charge in [-0.2, -0.15) is 0 Å². The van der Waals surface area contributed by atoms with Crippen molar-refractivity contribution in [2.75, 3.05) is 13.9 Å². The van der Waals surface area contributed by atoms with E-state index in [0.29, 0.717) is 28.6 Å². The monoisotopic (exact) mass is 368 g/mol. The van der Waals surface area contributed by atoms with E-state index in [2.05, 4.69) is 4.74 Å². The van der Waals surface area contributed by atoms with E-state index in [4.69, 9.17) is 18.9 Å². The van der Waals surface area contributed by atoms with Crippen molar-refractivity contribution in [2.45, 2.75) is 13.0 Å². The van der Waals surface area contributed by atoms with Crippen molar-refractivity contribution in [1.82, 2.24) is 0 Å². The van der Waals surface area contributed by atoms with Crippen LogP contribution in [-0.4, -0.2) is 31.8 Å². The van der Waals surface area contributed by atoms with E-state index in [1.54, 1.807) is 43.3 Å². The number of allylic oxidation sites excluding steroid dienone is 1. The van der Waals surface area contributed by atoms with Gasteiger partial charge in [-0.3, -0.25) is 4.79 Å². The van der Waals surface area contributed by atoms with Crippen LogP contribution in [-0.2, 0) is 9.53 Å². The van der Waals surface area contributed by atoms with Crippen molar-refractivity contribution >= 4 is 17.8 Å². The third kappa shape index (κ3) is 3.19. The lowest BCUT2D eigenvalue weighted by Crippen LogP contribution is -2.24. The van der Waals surface area contributed by atoms with Crippen LogP contribution >= 0.6 is 0 Å². The third-order valence-electron chi connectivity index (χ3n) is 4.18. The predicted molar refractivity (Wildman–Crippen MR) is 94.0 cm³/mol. The molecule has 7 heteroatoms. The largest absolute Gasteiger partial charge is 0.479 e. The molecule has 7 nitrogen and oxygen atoms in total. The number of carbonyl (C=O) groups is 2. The summed E-state index contributed by atoms with van der Waals surface area (Å²) < 4.78 is 26.5. The molecule has 27 heavy (non-hydrogen) atoms. The molecule has 138 valence electrons. The number of rotatable bonds is 4. The Labute approximate surface area is 155 Å². The number of ketones is 1. The van der Waals surface area contributed by atoms with Crippen molar-refractivity contribution in [3.05, 3.63) is 53.3 Å². The van der Waals surface area contributed by atoms with E-state index in [-0.39, 0.29) is 18.3 Å². The quantitative estimate of drug-likeness (QED) is 0.606. The topological polar surface area (TPSA) is 80.3 Å². The Kier molecular flexibility index (Phi) is 4.19. The molecule has 4 rings (SSSR count). The average Bonchev–Trinajstić information content (AvgIpc) is 3.25. The van der Waals surface area contributed by atoms with Crippen LogP contribution in [0.25, 0.3) is 6.08 Å². The number of methoxy groups -OCH3 is 1. The summed E-state index contributed by atoms with van der Waals surface area (Å²) in [5.41, 5.74) is 1.19. The number of benzene rings is 2. The molecule has 0 amide bonds. The van der Waals surface area contributed by atoms with Crippen LogP contribution in [0.15, 0.2) is 42.2 Å². The molecule has 0 saturated heterocycles. The Morgan fingerprint density at radius 3 is 2.74 bits per heavy atom. The Morgan fingerprint density at radius 1 is 1.11 bits per heavy atom. The second-order valence-electron chi connectivity index (χ2n) is 5.99. The van der Waals surface area contributed by atoms with E-state index in [9.17, 15) is 9.59 Å². The molecule has 0 spiro atoms. The van der Waals surface area contributed by atoms with E-state index in [1.165, 1.54) is 7.11 Å². The molecule has 0 fully saturated rings. The molecule has 2 aliphatic heterocycles. The van der Waals surface area contributed by atoms with E-state index < -0.39 is 12.1 Å². The van der Waals surface area contributed by atoms with Crippen molar-refractivity contribution < 1.29 is 33.3 Å². The summed E-state index contributed by atoms with van der Waals surface area (Å²) in [6.07, 6.45) is 0.871. The lowest BCUT2D eigenvalue weighted by Gasteiger charge is -2.12. The van der Waals surface area contributed by atoms with E-state index in [0.717, 1.165) is 5.56 Å². The first-order chi connectivity index (χ1) is 13.0. The zero-order chi connectivity index (χ0) is 19.0. The molecular formula is C20H16O7. The van der Waals surface area contributed by atoms with Gasteiger partial charge in [0.15, 0.2) is 23.4 Å². The maximum Gasteiger partial charge on any atom is 0.346 e. The fourth-order valence-corrected chi connectivity index (χ4v) is 2.81. The van der Waals surface area contributed by atoms with Gasteiger partial charge >= 0.3 is 5.97 Å². The number of Topliss-reactive ketones (excluding diaryl/α,β-unsaturated/α-hetero) is 1. The van der Waals surface area contributed by atoms with Crippen molar-refractivity contribution in [1.29, 1.82) is 0 Å². The number of hydrogen-bond donors (Lipinski definition) is 0. The highest BCUT2D eigenvalue weighted by molar-refractivity contribution is 6.14. The molecule has 2 heterocycles. The number of hydrogen-bond acceptors (Lipinski definition) is 7. The lowest BCUT2D eigenvalue weighted by atomic mass is 10.1. The molecule has 0 saturated carbocycles. The van der Waals surface area contributed by atoms with Crippen LogP contribution in [0.4, 0.5) is 0 Å². The van der Waals surface area contributed by atoms with E-state index in [1.807, 2.05) is 6.07 Å². The van der Waals surface area contributed by atoms with Gasteiger partial charge in [0.1, 0.15) is 11.5 Å². The standard InChI is InChI=1S/C20H16O7/c1-11(20(22)23-2)26-13-4-5-14-16(9-13)27-18(19(14)21)8-12-3-6-15-17(7-12)25-10-24-15/h3-9,11H,10H2,1-2H3. The van der Waals surface area contributed by atoms with Gasteiger partial charge in [-0.25, -0.2) is 4.79 Å². The second-order valence-corrected chi connectivity index (χ2v) is 5.99. The molecule has 2 aromatic carbocycles. The number of carbonyl (C=O) groups excluding carboxylic acids is 2. The molecule has 0 bridgehead atoms. The first-order valence-electron chi connectivity index (χ1n) is 8.27. The molecule has 1 atom stereocenters. The van der Waals surface area contributed by atoms with Crippen molar-refractivity contribution in [3.63, 3.8) is 0 Å². The first kappa shape index (κ1) is 17.0. The summed E-state index contributed by atoms with van der Waals surface area (Å²) in [6.45, 7) is 1.76. The van der Waals surface area contributed by atoms with Gasteiger partial charge < -0.3 is 23.7 Å². The highest BCUT2D eigenvalue weighted by Gasteiger charge is 2.28. The first-order valence-corrected chi connectivity index (χ1v) is 8.27. The Bertz CT molecular complexity index is 961. The van der Waals surface area contributed by atoms with Gasteiger partial charge in [-0.15, -0.1) is 0 Å². The summed E-state index contributed by atoms with van der Waals surface area (Å²) in [4.78, 5) is 24.0. The lowest BCUT2D eigenvalue weighted by molar-refractivity contribution is -0.147. The van der Waals surface area contributed by atoms with Gasteiger partial charge in [0, 0.05) is 6.07 Å². The van der Waals surface area contributed by atoms with Crippen molar-refractivity contribution in [3.8, 4) is 23.0 Å². The summed E-state index contributed by atoms with van der Waals surface area (Å²) >= 11 is 0. The number of fused-ring (bicyclic) bond motifs is 2. The van der Waals surface area contributed by atoms with Gasteiger partial charge in [0.2, 0.25) is 12.6 Å². The molecular weight excluding hydrogens is 352 g/mol. The number of esters is 1. The minimum Gasteiger partial charge on any atom is -0.479 e. The van der Waals surface area contributed by atoms with Gasteiger partial charge in [0.05, 0.1) is 12.7 Å². The molecule has 0 radical (unpaired) electrons. The van der Waals surface area contributed by atoms with Crippen molar-refractivity contribution in [2.24, 2.45) is 0 Å². The predicted octanol–water partition coefficient (Wildman–Crippen LogP) is 2.97. The highest BCUT2D eigenvalue weighted by atomic mass is 16.7. The third-order valence-corrected chi connectivity index (χ3v) is 4.18. The van der Waals surface area contributed by atoms with Crippen LogP contribution in [0.1, 0.15) is 22.8 Å². The molecule has 2 aromatic rings. The molecule has 0 aliphatic carbocycles. The Balaban J connectivity index is 1.56. The summed E-state index contributed by atoms with van der Waals surface area (Å²) in [5, 5.41) is 0. The normalized spacial score (nSPS) is 16.7. The Hall–Kier alpha value is -3.48. The fourth-order valence-electron chi connectivity index (χ4n) is 2.81. The molecule has 1 unspecified atom stereocenters. The maximum atomic E-state index is 12.6. The summed E-state index contributed by atoms with van der Waals surface area (Å²) in [5.74, 6) is 1.55. The summed E-state index contributed by atoms with van der Waals surface area (Å²) in [6, 6.07) is 10.2. The van der Waals surface area contributed by atoms with Crippen LogP contribution in [0, 0.1) is 0 Å². The highest BCUT2D eigenvalue weighted by Crippen LogP contribution is 2.37. The van der Waals surface area contributed by atoms with Gasteiger partial charge in [-0.05, 0) is 42.8 Å². The van der Waals surface area contributed by atoms with Crippen LogP contribution < -0.4 is 18.9 Å². The molecule has 0 aromatic heterocycles. The minimum absolute atomic E-state index is 0.184. The van der Waals surface area contributed by atoms with Crippen LogP contribution in [0.5, 0.6) is 23.0 Å². The zero-order valence-electron chi connectivity index (χ0n) is 14.7. The average molecular weight is 368 g/mol. The van der Waals surface area contributed by atoms with Gasteiger partial charge in [0.25, 0.3) is 0 Å². The summed E-state index contributed by atoms with van der Waals surface area (Å²) in [7, 11) is 1.29. The van der Waals surface area contributed by atoms with Gasteiger partial charge in [-0.1, -0.05) is 6.07 Å². The SMILES string of the molecule is COC(=O)C(C)Oc1ccc2c(c1)OC(=Cc1ccc3c(c1)OCO3)C2=O. The molecule has 0 N–H and O–H groups in total. The zero-order valence-corrected chi connectivity index (χ0v) is 14.7. The maximum absolute atomic E-state index is 12.6. The molecule has 2 aliphatic rings. The number of ether oxygens (including phenoxy) is 5. The fraction of sp³-hybridized carbons (Fsp3) is 0.200. The smallest absolute Gasteiger partial charge is 0.346 e.